The predicted molar refractivity (Wildman–Crippen MR) is 170 cm³/mol. The van der Waals surface area contributed by atoms with Crippen molar-refractivity contribution in [2.45, 2.75) is 83.5 Å². The van der Waals surface area contributed by atoms with Crippen molar-refractivity contribution in [2.24, 2.45) is 0 Å². The molecular weight excluding hydrogens is 574 g/mol. The van der Waals surface area contributed by atoms with Gasteiger partial charge in [0.2, 0.25) is 0 Å². The summed E-state index contributed by atoms with van der Waals surface area (Å²) in [4.78, 5) is 44.0. The van der Waals surface area contributed by atoms with Crippen LogP contribution in [0.1, 0.15) is 86.4 Å². The summed E-state index contributed by atoms with van der Waals surface area (Å²) in [7, 11) is 1.58. The number of methoxy groups -OCH3 is 1. The lowest BCUT2D eigenvalue weighted by molar-refractivity contribution is 0.0126. The van der Waals surface area contributed by atoms with E-state index in [9.17, 15) is 14.4 Å². The lowest BCUT2D eigenvalue weighted by Crippen LogP contribution is -2.44. The van der Waals surface area contributed by atoms with Crippen LogP contribution in [0.3, 0.4) is 0 Å². The maximum Gasteiger partial charge on any atom is 0.410 e. The van der Waals surface area contributed by atoms with Gasteiger partial charge < -0.3 is 33.6 Å². The van der Waals surface area contributed by atoms with Gasteiger partial charge in [0.1, 0.15) is 35.1 Å². The van der Waals surface area contributed by atoms with Crippen molar-refractivity contribution < 1.29 is 33.3 Å². The van der Waals surface area contributed by atoms with Crippen LogP contribution in [0.2, 0.25) is 0 Å². The van der Waals surface area contributed by atoms with Crippen LogP contribution >= 0.6 is 0 Å². The number of likely N-dealkylation sites (tertiary alicyclic amines) is 3. The minimum Gasteiger partial charge on any atom is -0.496 e. The van der Waals surface area contributed by atoms with Crippen molar-refractivity contribution in [2.75, 3.05) is 46.4 Å². The summed E-state index contributed by atoms with van der Waals surface area (Å²) in [6, 6.07) is 12.7. The molecule has 3 aliphatic rings. The van der Waals surface area contributed by atoms with Crippen molar-refractivity contribution >= 4 is 17.9 Å². The number of nitrogens with zero attached hydrogens (tertiary/aromatic N) is 3. The monoisotopic (exact) mass is 621 g/mol. The molecule has 3 aliphatic heterocycles. The molecule has 0 spiro atoms. The Hall–Kier alpha value is -3.95. The van der Waals surface area contributed by atoms with Crippen LogP contribution < -0.4 is 14.2 Å². The van der Waals surface area contributed by atoms with E-state index in [1.165, 1.54) is 6.42 Å². The normalized spacial score (nSPS) is 18.4. The SMILES string of the molecule is COc1cc(OC2CCN(C(=O)c3ccc(OC4CCN(C(=O)OC(C)(C)C)CC4)cc3)CC2)ccc1C(=O)N1CCCCC1. The van der Waals surface area contributed by atoms with Crippen LogP contribution in [-0.4, -0.2) is 96.8 Å². The highest BCUT2D eigenvalue weighted by Gasteiger charge is 2.29. The minimum atomic E-state index is -0.509. The summed E-state index contributed by atoms with van der Waals surface area (Å²) in [5, 5.41) is 0. The van der Waals surface area contributed by atoms with E-state index in [0.717, 1.165) is 38.8 Å². The number of benzene rings is 2. The molecule has 0 N–H and O–H groups in total. The van der Waals surface area contributed by atoms with Crippen molar-refractivity contribution in [3.63, 3.8) is 0 Å². The molecule has 244 valence electrons. The first-order chi connectivity index (χ1) is 21.6. The van der Waals surface area contributed by atoms with Gasteiger partial charge in [-0.25, -0.2) is 4.79 Å². The fourth-order valence-electron chi connectivity index (χ4n) is 6.09. The van der Waals surface area contributed by atoms with Gasteiger partial charge >= 0.3 is 6.09 Å². The molecule has 3 fully saturated rings. The largest absolute Gasteiger partial charge is 0.496 e. The summed E-state index contributed by atoms with van der Waals surface area (Å²) in [6.45, 7) is 9.55. The van der Waals surface area contributed by atoms with Gasteiger partial charge in [0.05, 0.1) is 12.7 Å². The molecular formula is C35H47N3O7. The van der Waals surface area contributed by atoms with Gasteiger partial charge in [-0.2, -0.15) is 0 Å². The summed E-state index contributed by atoms with van der Waals surface area (Å²) < 4.78 is 23.4. The second-order valence-electron chi connectivity index (χ2n) is 13.1. The molecule has 45 heavy (non-hydrogen) atoms. The molecule has 3 saturated heterocycles. The number of hydrogen-bond acceptors (Lipinski definition) is 7. The van der Waals surface area contributed by atoms with E-state index >= 15 is 0 Å². The maximum atomic E-state index is 13.2. The molecule has 2 aromatic carbocycles. The van der Waals surface area contributed by atoms with E-state index in [1.54, 1.807) is 24.1 Å². The molecule has 0 aliphatic carbocycles. The average Bonchev–Trinajstić information content (AvgIpc) is 3.05. The molecule has 0 saturated carbocycles. The van der Waals surface area contributed by atoms with Crippen LogP contribution in [0.5, 0.6) is 17.2 Å². The van der Waals surface area contributed by atoms with Crippen molar-refractivity contribution in [1.82, 2.24) is 14.7 Å². The molecule has 0 aromatic heterocycles. The van der Waals surface area contributed by atoms with Gasteiger partial charge in [0.25, 0.3) is 11.8 Å². The summed E-state index contributed by atoms with van der Waals surface area (Å²) in [6.07, 6.45) is 5.82. The Kier molecular flexibility index (Phi) is 10.4. The van der Waals surface area contributed by atoms with Crippen molar-refractivity contribution in [3.05, 3.63) is 53.6 Å². The zero-order valence-corrected chi connectivity index (χ0v) is 27.1. The second-order valence-corrected chi connectivity index (χ2v) is 13.1. The van der Waals surface area contributed by atoms with Crippen LogP contribution in [0.15, 0.2) is 42.5 Å². The molecule has 5 rings (SSSR count). The van der Waals surface area contributed by atoms with Gasteiger partial charge in [-0.15, -0.1) is 0 Å². The van der Waals surface area contributed by atoms with Crippen LogP contribution in [-0.2, 0) is 4.74 Å². The Morgan fingerprint density at radius 2 is 1.20 bits per heavy atom. The fraction of sp³-hybridized carbons (Fsp3) is 0.571. The fourth-order valence-corrected chi connectivity index (χ4v) is 6.09. The highest BCUT2D eigenvalue weighted by atomic mass is 16.6. The third kappa shape index (κ3) is 8.61. The predicted octanol–water partition coefficient (Wildman–Crippen LogP) is 5.78. The topological polar surface area (TPSA) is 97.9 Å². The van der Waals surface area contributed by atoms with Crippen LogP contribution in [0.4, 0.5) is 4.79 Å². The van der Waals surface area contributed by atoms with Crippen LogP contribution in [0, 0.1) is 0 Å². The summed E-state index contributed by atoms with van der Waals surface area (Å²) in [5.74, 6) is 1.90. The lowest BCUT2D eigenvalue weighted by atomic mass is 10.1. The number of ether oxygens (including phenoxy) is 4. The van der Waals surface area contributed by atoms with E-state index < -0.39 is 5.60 Å². The Morgan fingerprint density at radius 1 is 0.667 bits per heavy atom. The molecule has 0 bridgehead atoms. The Morgan fingerprint density at radius 3 is 1.78 bits per heavy atom. The second kappa shape index (κ2) is 14.4. The van der Waals surface area contributed by atoms with E-state index in [-0.39, 0.29) is 30.1 Å². The number of carbonyl (C=O) groups is 3. The maximum absolute atomic E-state index is 13.2. The smallest absolute Gasteiger partial charge is 0.410 e. The number of carbonyl (C=O) groups excluding carboxylic acids is 3. The molecule has 0 radical (unpaired) electrons. The lowest BCUT2D eigenvalue weighted by Gasteiger charge is -2.33. The molecule has 0 unspecified atom stereocenters. The van der Waals surface area contributed by atoms with E-state index in [4.69, 9.17) is 18.9 Å². The van der Waals surface area contributed by atoms with Gasteiger partial charge in [-0.1, -0.05) is 0 Å². The highest BCUT2D eigenvalue weighted by Crippen LogP contribution is 2.29. The van der Waals surface area contributed by atoms with Gasteiger partial charge in [0, 0.05) is 76.6 Å². The number of rotatable bonds is 7. The summed E-state index contributed by atoms with van der Waals surface area (Å²) >= 11 is 0. The molecule has 10 heteroatoms. The molecule has 10 nitrogen and oxygen atoms in total. The van der Waals surface area contributed by atoms with Gasteiger partial charge in [-0.05, 0) is 76.4 Å². The highest BCUT2D eigenvalue weighted by molar-refractivity contribution is 5.97. The van der Waals surface area contributed by atoms with Gasteiger partial charge in [-0.3, -0.25) is 9.59 Å². The first kappa shape index (κ1) is 32.4. The van der Waals surface area contributed by atoms with E-state index in [0.29, 0.717) is 67.4 Å². The third-order valence-electron chi connectivity index (χ3n) is 8.58. The van der Waals surface area contributed by atoms with Gasteiger partial charge in [0.15, 0.2) is 0 Å². The first-order valence-electron chi connectivity index (χ1n) is 16.3. The standard InChI is InChI=1S/C35H47N3O7/c1-35(2,3)45-34(41)38-22-16-27(17-23-38)43-26-10-8-25(9-11-26)32(39)37-20-14-28(15-21-37)44-29-12-13-30(31(24-29)42-4)33(40)36-18-6-5-7-19-36/h8-13,24,27-28H,5-7,14-23H2,1-4H3. The number of piperidine rings is 3. The minimum absolute atomic E-state index is 0.00476. The van der Waals surface area contributed by atoms with Crippen LogP contribution in [0.25, 0.3) is 0 Å². The number of amides is 3. The van der Waals surface area contributed by atoms with Crippen molar-refractivity contribution in [3.8, 4) is 17.2 Å². The Balaban J connectivity index is 1.07. The van der Waals surface area contributed by atoms with E-state index in [2.05, 4.69) is 0 Å². The zero-order valence-electron chi connectivity index (χ0n) is 27.1. The Labute approximate surface area is 266 Å². The molecule has 3 amide bonds. The van der Waals surface area contributed by atoms with E-state index in [1.807, 2.05) is 60.9 Å². The first-order valence-corrected chi connectivity index (χ1v) is 16.3. The third-order valence-corrected chi connectivity index (χ3v) is 8.58. The number of hydrogen-bond donors (Lipinski definition) is 0. The molecule has 3 heterocycles. The molecule has 0 atom stereocenters. The molecule has 2 aromatic rings. The quantitative estimate of drug-likeness (QED) is 0.387. The Bertz CT molecular complexity index is 1320. The summed E-state index contributed by atoms with van der Waals surface area (Å²) in [5.41, 5.74) is 0.678. The van der Waals surface area contributed by atoms with Crippen molar-refractivity contribution in [1.29, 1.82) is 0 Å². The zero-order chi connectivity index (χ0) is 32.0. The average molecular weight is 622 g/mol.